The van der Waals surface area contributed by atoms with Gasteiger partial charge in [-0.15, -0.1) is 0 Å². The van der Waals surface area contributed by atoms with Crippen molar-refractivity contribution < 1.29 is 9.53 Å². The molecule has 1 aromatic carbocycles. The Balaban J connectivity index is 1.96. The van der Waals surface area contributed by atoms with Gasteiger partial charge in [0.05, 0.1) is 12.5 Å². The summed E-state index contributed by atoms with van der Waals surface area (Å²) in [6.45, 7) is 2.07. The molecule has 1 aromatic rings. The summed E-state index contributed by atoms with van der Waals surface area (Å²) in [5.41, 5.74) is 1.94. The van der Waals surface area contributed by atoms with Crippen LogP contribution in [0.1, 0.15) is 44.6 Å². The molecule has 114 valence electrons. The Morgan fingerprint density at radius 3 is 2.67 bits per heavy atom. The first-order chi connectivity index (χ1) is 10.1. The summed E-state index contributed by atoms with van der Waals surface area (Å²) in [7, 11) is 1.51. The van der Waals surface area contributed by atoms with Crippen molar-refractivity contribution >= 4 is 11.7 Å². The van der Waals surface area contributed by atoms with Gasteiger partial charge in [0.1, 0.15) is 0 Å². The maximum atomic E-state index is 12.5. The lowest BCUT2D eigenvalue weighted by Gasteiger charge is -2.46. The summed E-state index contributed by atoms with van der Waals surface area (Å²) in [4.78, 5) is 12.5. The van der Waals surface area contributed by atoms with Crippen molar-refractivity contribution in [2.75, 3.05) is 12.4 Å². The molecule has 0 radical (unpaired) electrons. The van der Waals surface area contributed by atoms with Gasteiger partial charge in [-0.05, 0) is 43.7 Å². The number of anilines is 1. The molecule has 1 aliphatic heterocycles. The molecule has 1 saturated carbocycles. The van der Waals surface area contributed by atoms with E-state index >= 15 is 0 Å². The number of ether oxygens (including phenoxy) is 1. The average Bonchev–Trinajstić information content (AvgIpc) is 2.54. The third-order valence-electron chi connectivity index (χ3n) is 5.35. The van der Waals surface area contributed by atoms with Gasteiger partial charge in [0.25, 0.3) is 0 Å². The predicted octanol–water partition coefficient (Wildman–Crippen LogP) is 3.78. The molecule has 3 nitrogen and oxygen atoms in total. The van der Waals surface area contributed by atoms with E-state index in [0.29, 0.717) is 5.92 Å². The minimum atomic E-state index is -0.467. The van der Waals surface area contributed by atoms with Crippen molar-refractivity contribution in [2.24, 2.45) is 11.3 Å². The maximum absolute atomic E-state index is 12.5. The highest BCUT2D eigenvalue weighted by molar-refractivity contribution is 5.80. The van der Waals surface area contributed by atoms with E-state index in [1.165, 1.54) is 50.5 Å². The SMILES string of the molecule is COC(=O)[C@@]1(C)Cc2ccccc2N[C@H]1C1CCCCC1. The van der Waals surface area contributed by atoms with E-state index in [0.717, 1.165) is 6.42 Å². The normalized spacial score (nSPS) is 29.3. The molecule has 0 spiro atoms. The fraction of sp³-hybridized carbons (Fsp3) is 0.611. The molecule has 0 bridgehead atoms. The Morgan fingerprint density at radius 2 is 1.95 bits per heavy atom. The zero-order valence-corrected chi connectivity index (χ0v) is 13.0. The number of carbonyl (C=O) groups excluding carboxylic acids is 1. The smallest absolute Gasteiger partial charge is 0.313 e. The second-order valence-electron chi connectivity index (χ2n) is 6.76. The Labute approximate surface area is 127 Å². The van der Waals surface area contributed by atoms with Crippen LogP contribution in [0.5, 0.6) is 0 Å². The molecule has 3 rings (SSSR count). The van der Waals surface area contributed by atoms with Crippen LogP contribution in [0, 0.1) is 11.3 Å². The molecule has 0 amide bonds. The van der Waals surface area contributed by atoms with Crippen LogP contribution in [-0.2, 0) is 16.0 Å². The van der Waals surface area contributed by atoms with Crippen LogP contribution in [0.25, 0.3) is 0 Å². The Bertz CT molecular complexity index is 522. The van der Waals surface area contributed by atoms with E-state index in [1.54, 1.807) is 0 Å². The molecule has 3 heteroatoms. The first-order valence-corrected chi connectivity index (χ1v) is 8.08. The van der Waals surface area contributed by atoms with Gasteiger partial charge in [0.15, 0.2) is 0 Å². The lowest BCUT2D eigenvalue weighted by Crippen LogP contribution is -2.53. The summed E-state index contributed by atoms with van der Waals surface area (Å²) >= 11 is 0. The van der Waals surface area contributed by atoms with Crippen LogP contribution < -0.4 is 5.32 Å². The highest BCUT2D eigenvalue weighted by Gasteiger charge is 2.48. The molecule has 2 atom stereocenters. The van der Waals surface area contributed by atoms with Crippen LogP contribution in [0.3, 0.4) is 0 Å². The first-order valence-electron chi connectivity index (χ1n) is 8.08. The number of rotatable bonds is 2. The number of carbonyl (C=O) groups is 1. The number of nitrogens with one attached hydrogen (secondary N) is 1. The van der Waals surface area contributed by atoms with Gasteiger partial charge in [-0.25, -0.2) is 0 Å². The number of benzene rings is 1. The molecule has 1 fully saturated rings. The fourth-order valence-electron chi connectivity index (χ4n) is 4.19. The minimum absolute atomic E-state index is 0.0833. The second-order valence-corrected chi connectivity index (χ2v) is 6.76. The quantitative estimate of drug-likeness (QED) is 0.841. The Kier molecular flexibility index (Phi) is 3.92. The third kappa shape index (κ3) is 2.54. The number of methoxy groups -OCH3 is 1. The summed E-state index contributed by atoms with van der Waals surface area (Å²) in [5.74, 6) is 0.483. The molecule has 2 aliphatic rings. The van der Waals surface area contributed by atoms with Crippen LogP contribution in [0.2, 0.25) is 0 Å². The maximum Gasteiger partial charge on any atom is 0.313 e. The molecule has 1 aliphatic carbocycles. The number of esters is 1. The zero-order valence-electron chi connectivity index (χ0n) is 13.0. The van der Waals surface area contributed by atoms with Crippen molar-refractivity contribution in [3.63, 3.8) is 0 Å². The monoisotopic (exact) mass is 287 g/mol. The minimum Gasteiger partial charge on any atom is -0.469 e. The molecule has 1 heterocycles. The van der Waals surface area contributed by atoms with Crippen LogP contribution in [0.4, 0.5) is 5.69 Å². The molecule has 1 N–H and O–H groups in total. The zero-order chi connectivity index (χ0) is 14.9. The van der Waals surface area contributed by atoms with Crippen molar-refractivity contribution in [3.05, 3.63) is 29.8 Å². The Hall–Kier alpha value is -1.51. The van der Waals surface area contributed by atoms with E-state index in [9.17, 15) is 4.79 Å². The molecule has 0 unspecified atom stereocenters. The summed E-state index contributed by atoms with van der Waals surface area (Å²) < 4.78 is 5.15. The topological polar surface area (TPSA) is 38.3 Å². The Morgan fingerprint density at radius 1 is 1.24 bits per heavy atom. The van der Waals surface area contributed by atoms with Crippen molar-refractivity contribution in [1.29, 1.82) is 0 Å². The van der Waals surface area contributed by atoms with Gasteiger partial charge in [-0.3, -0.25) is 4.79 Å². The van der Waals surface area contributed by atoms with Gasteiger partial charge in [0.2, 0.25) is 0 Å². The highest BCUT2D eigenvalue weighted by Crippen LogP contribution is 2.44. The van der Waals surface area contributed by atoms with Gasteiger partial charge in [-0.2, -0.15) is 0 Å². The summed E-state index contributed by atoms with van der Waals surface area (Å²) in [5, 5.41) is 3.67. The lowest BCUT2D eigenvalue weighted by atomic mass is 9.66. The van der Waals surface area contributed by atoms with Gasteiger partial charge in [-0.1, -0.05) is 37.5 Å². The first kappa shape index (κ1) is 14.4. The number of hydrogen-bond acceptors (Lipinski definition) is 3. The van der Waals surface area contributed by atoms with Gasteiger partial charge < -0.3 is 10.1 Å². The fourth-order valence-corrected chi connectivity index (χ4v) is 4.19. The number of hydrogen-bond donors (Lipinski definition) is 1. The van der Waals surface area contributed by atoms with Gasteiger partial charge in [0, 0.05) is 11.7 Å². The van der Waals surface area contributed by atoms with E-state index in [1.807, 2.05) is 6.07 Å². The average molecular weight is 287 g/mol. The van der Waals surface area contributed by atoms with Crippen molar-refractivity contribution in [2.45, 2.75) is 51.5 Å². The standard InChI is InChI=1S/C18H25NO2/c1-18(17(20)21-2)12-14-10-6-7-11-15(14)19-16(18)13-8-4-3-5-9-13/h6-7,10-11,13,16,19H,3-5,8-9,12H2,1-2H3/t16-,18-/m0/s1. The van der Waals surface area contributed by atoms with E-state index < -0.39 is 5.41 Å². The van der Waals surface area contributed by atoms with E-state index in [4.69, 9.17) is 4.74 Å². The highest BCUT2D eigenvalue weighted by atomic mass is 16.5. The molecule has 0 saturated heterocycles. The molecule has 21 heavy (non-hydrogen) atoms. The van der Waals surface area contributed by atoms with Crippen LogP contribution in [0.15, 0.2) is 24.3 Å². The molecule has 0 aromatic heterocycles. The summed E-state index contributed by atoms with van der Waals surface area (Å²) in [6.07, 6.45) is 7.08. The number of fused-ring (bicyclic) bond motifs is 1. The third-order valence-corrected chi connectivity index (χ3v) is 5.35. The van der Waals surface area contributed by atoms with Crippen molar-refractivity contribution in [3.8, 4) is 0 Å². The predicted molar refractivity (Wildman–Crippen MR) is 84.3 cm³/mol. The van der Waals surface area contributed by atoms with Gasteiger partial charge >= 0.3 is 5.97 Å². The van der Waals surface area contributed by atoms with Crippen LogP contribution >= 0.6 is 0 Å². The van der Waals surface area contributed by atoms with Crippen molar-refractivity contribution in [1.82, 2.24) is 0 Å². The lowest BCUT2D eigenvalue weighted by molar-refractivity contribution is -0.154. The summed E-state index contributed by atoms with van der Waals surface area (Å²) in [6, 6.07) is 8.52. The number of para-hydroxylation sites is 1. The van der Waals surface area contributed by atoms with E-state index in [2.05, 4.69) is 30.4 Å². The second kappa shape index (κ2) is 5.70. The molecular formula is C18H25NO2. The molecular weight excluding hydrogens is 262 g/mol. The van der Waals surface area contributed by atoms with Crippen LogP contribution in [-0.4, -0.2) is 19.1 Å². The largest absolute Gasteiger partial charge is 0.469 e. The van der Waals surface area contributed by atoms with E-state index in [-0.39, 0.29) is 12.0 Å².